The van der Waals surface area contributed by atoms with Gasteiger partial charge in [0.1, 0.15) is 18.3 Å². The van der Waals surface area contributed by atoms with E-state index in [2.05, 4.69) is 5.32 Å². The highest BCUT2D eigenvalue weighted by atomic mass is 35.5. The maximum absolute atomic E-state index is 14.0. The summed E-state index contributed by atoms with van der Waals surface area (Å²) in [6, 6.07) is 19.1. The largest absolute Gasteiger partial charge is 0.492 e. The fourth-order valence-corrected chi connectivity index (χ4v) is 5.53. The van der Waals surface area contributed by atoms with Gasteiger partial charge in [-0.05, 0) is 69.7 Å². The van der Waals surface area contributed by atoms with Gasteiger partial charge in [-0.15, -0.1) is 0 Å². The van der Waals surface area contributed by atoms with Gasteiger partial charge >= 0.3 is 0 Å². The predicted octanol–water partition coefficient (Wildman–Crippen LogP) is 4.80. The average Bonchev–Trinajstić information content (AvgIpc) is 2.92. The number of likely N-dealkylation sites (N-methyl/N-ethyl adjacent to an activating group) is 1. The first-order valence-electron chi connectivity index (χ1n) is 12.7. The van der Waals surface area contributed by atoms with Crippen LogP contribution in [0.1, 0.15) is 31.9 Å². The van der Waals surface area contributed by atoms with Crippen LogP contribution < -0.4 is 14.4 Å². The van der Waals surface area contributed by atoms with Crippen molar-refractivity contribution in [3.8, 4) is 5.75 Å². The lowest BCUT2D eigenvalue weighted by Crippen LogP contribution is -2.51. The van der Waals surface area contributed by atoms with E-state index in [1.54, 1.807) is 81.4 Å². The number of aryl methyl sites for hydroxylation is 1. The van der Waals surface area contributed by atoms with E-state index in [1.165, 1.54) is 17.0 Å². The Balaban J connectivity index is 2.07. The van der Waals surface area contributed by atoms with Gasteiger partial charge in [0.15, 0.2) is 0 Å². The van der Waals surface area contributed by atoms with E-state index in [0.29, 0.717) is 23.9 Å². The van der Waals surface area contributed by atoms with Crippen molar-refractivity contribution in [2.75, 3.05) is 24.0 Å². The minimum Gasteiger partial charge on any atom is -0.492 e. The van der Waals surface area contributed by atoms with Crippen LogP contribution in [-0.4, -0.2) is 50.9 Å². The molecule has 0 aliphatic rings. The molecule has 0 aromatic heterocycles. The third-order valence-corrected chi connectivity index (χ3v) is 8.13. The fraction of sp³-hybridized carbons (Fsp3) is 0.310. The van der Waals surface area contributed by atoms with Gasteiger partial charge in [-0.3, -0.25) is 13.9 Å². The van der Waals surface area contributed by atoms with E-state index in [4.69, 9.17) is 16.3 Å². The quantitative estimate of drug-likeness (QED) is 0.337. The first kappa shape index (κ1) is 30.0. The zero-order valence-electron chi connectivity index (χ0n) is 22.6. The van der Waals surface area contributed by atoms with Gasteiger partial charge in [-0.1, -0.05) is 53.6 Å². The predicted molar refractivity (Wildman–Crippen MR) is 153 cm³/mol. The molecule has 0 spiro atoms. The molecule has 1 N–H and O–H groups in total. The summed E-state index contributed by atoms with van der Waals surface area (Å²) in [6.45, 7) is 7.30. The number of nitrogens with zero attached hydrogens (tertiary/aromatic N) is 2. The van der Waals surface area contributed by atoms with Crippen LogP contribution in [0.25, 0.3) is 0 Å². The Kier molecular flexibility index (Phi) is 10.4. The molecule has 0 aliphatic heterocycles. The van der Waals surface area contributed by atoms with Crippen molar-refractivity contribution >= 4 is 39.1 Å². The number of anilines is 1. The Morgan fingerprint density at radius 3 is 2.23 bits per heavy atom. The van der Waals surface area contributed by atoms with Crippen molar-refractivity contribution < 1.29 is 22.7 Å². The maximum atomic E-state index is 14.0. The lowest BCUT2D eigenvalue weighted by atomic mass is 10.1. The SMILES string of the molecule is CCNC(=O)[C@H](C)N(Cc1ccc(Cl)cc1)C(=O)CN(c1ccccc1OCC)S(=O)(=O)c1ccc(C)cc1. The van der Waals surface area contributed by atoms with E-state index in [-0.39, 0.29) is 23.0 Å². The number of hydrogen-bond acceptors (Lipinski definition) is 5. The van der Waals surface area contributed by atoms with Gasteiger partial charge in [0.05, 0.1) is 17.2 Å². The summed E-state index contributed by atoms with van der Waals surface area (Å²) >= 11 is 6.03. The lowest BCUT2D eigenvalue weighted by molar-refractivity contribution is -0.139. The molecular formula is C29H34ClN3O5S. The van der Waals surface area contributed by atoms with Crippen LogP contribution in [-0.2, 0) is 26.2 Å². The van der Waals surface area contributed by atoms with Gasteiger partial charge in [0.2, 0.25) is 11.8 Å². The number of nitrogens with one attached hydrogen (secondary N) is 1. The highest BCUT2D eigenvalue weighted by Crippen LogP contribution is 2.33. The number of halogens is 1. The topological polar surface area (TPSA) is 96.0 Å². The van der Waals surface area contributed by atoms with E-state index < -0.39 is 28.5 Å². The monoisotopic (exact) mass is 571 g/mol. The normalized spacial score (nSPS) is 11.9. The van der Waals surface area contributed by atoms with Crippen LogP contribution in [0.4, 0.5) is 5.69 Å². The minimum atomic E-state index is -4.19. The first-order chi connectivity index (χ1) is 18.6. The van der Waals surface area contributed by atoms with E-state index in [0.717, 1.165) is 15.4 Å². The summed E-state index contributed by atoms with van der Waals surface area (Å²) in [5.41, 5.74) is 1.87. The number of amides is 2. The summed E-state index contributed by atoms with van der Waals surface area (Å²) in [5, 5.41) is 3.28. The van der Waals surface area contributed by atoms with Crippen LogP contribution in [0.5, 0.6) is 5.75 Å². The molecule has 0 fully saturated rings. The molecule has 0 heterocycles. The van der Waals surface area contributed by atoms with E-state index in [1.807, 2.05) is 6.92 Å². The van der Waals surface area contributed by atoms with Crippen molar-refractivity contribution in [2.24, 2.45) is 0 Å². The highest BCUT2D eigenvalue weighted by Gasteiger charge is 2.33. The Morgan fingerprint density at radius 1 is 0.974 bits per heavy atom. The smallest absolute Gasteiger partial charge is 0.264 e. The molecule has 3 rings (SSSR count). The molecule has 0 aliphatic carbocycles. The molecule has 0 saturated heterocycles. The Labute approximate surface area is 235 Å². The van der Waals surface area contributed by atoms with E-state index >= 15 is 0 Å². The summed E-state index contributed by atoms with van der Waals surface area (Å²) in [5.74, 6) is -0.572. The molecule has 3 aromatic rings. The Morgan fingerprint density at radius 2 is 1.62 bits per heavy atom. The zero-order valence-corrected chi connectivity index (χ0v) is 24.1. The molecule has 0 saturated carbocycles. The van der Waals surface area contributed by atoms with Crippen molar-refractivity contribution in [2.45, 2.75) is 45.2 Å². The van der Waals surface area contributed by atoms with Crippen LogP contribution >= 0.6 is 11.6 Å². The number of sulfonamides is 1. The van der Waals surface area contributed by atoms with Crippen LogP contribution in [0.15, 0.2) is 77.7 Å². The number of ether oxygens (including phenoxy) is 1. The lowest BCUT2D eigenvalue weighted by Gasteiger charge is -2.32. The fourth-order valence-electron chi connectivity index (χ4n) is 3.98. The second-order valence-electron chi connectivity index (χ2n) is 8.94. The molecule has 1 atom stereocenters. The molecule has 10 heteroatoms. The Bertz CT molecular complexity index is 1380. The number of carbonyl (C=O) groups excluding carboxylic acids is 2. The number of para-hydroxylation sites is 2. The molecule has 0 unspecified atom stereocenters. The standard InChI is InChI=1S/C29H34ClN3O5S/c1-5-31-29(35)22(4)32(19-23-13-15-24(30)16-14-23)28(34)20-33(26-9-7-8-10-27(26)38-6-2)39(36,37)25-17-11-21(3)12-18-25/h7-18,22H,5-6,19-20H2,1-4H3,(H,31,35)/t22-/m0/s1. The molecular weight excluding hydrogens is 538 g/mol. The van der Waals surface area contributed by atoms with Gasteiger partial charge in [0, 0.05) is 18.1 Å². The van der Waals surface area contributed by atoms with Crippen molar-refractivity contribution in [3.05, 3.63) is 88.9 Å². The number of hydrogen-bond donors (Lipinski definition) is 1. The second kappa shape index (κ2) is 13.5. The second-order valence-corrected chi connectivity index (χ2v) is 11.2. The van der Waals surface area contributed by atoms with Gasteiger partial charge in [-0.25, -0.2) is 8.42 Å². The Hall–Kier alpha value is -3.56. The first-order valence-corrected chi connectivity index (χ1v) is 14.5. The summed E-state index contributed by atoms with van der Waals surface area (Å²) in [4.78, 5) is 28.1. The van der Waals surface area contributed by atoms with Crippen LogP contribution in [0, 0.1) is 6.92 Å². The van der Waals surface area contributed by atoms with Crippen molar-refractivity contribution in [3.63, 3.8) is 0 Å². The molecule has 0 radical (unpaired) electrons. The van der Waals surface area contributed by atoms with Gasteiger partial charge in [-0.2, -0.15) is 0 Å². The molecule has 208 valence electrons. The summed E-state index contributed by atoms with van der Waals surface area (Å²) < 4.78 is 34.7. The zero-order chi connectivity index (χ0) is 28.6. The number of benzene rings is 3. The number of rotatable bonds is 12. The molecule has 3 aromatic carbocycles. The molecule has 39 heavy (non-hydrogen) atoms. The van der Waals surface area contributed by atoms with Gasteiger partial charge < -0.3 is 15.0 Å². The maximum Gasteiger partial charge on any atom is 0.264 e. The van der Waals surface area contributed by atoms with Crippen molar-refractivity contribution in [1.29, 1.82) is 0 Å². The summed E-state index contributed by atoms with van der Waals surface area (Å²) in [7, 11) is -4.19. The molecule has 2 amide bonds. The molecule has 8 nitrogen and oxygen atoms in total. The average molecular weight is 572 g/mol. The summed E-state index contributed by atoms with van der Waals surface area (Å²) in [6.07, 6.45) is 0. The number of carbonyl (C=O) groups is 2. The van der Waals surface area contributed by atoms with E-state index in [9.17, 15) is 18.0 Å². The highest BCUT2D eigenvalue weighted by molar-refractivity contribution is 7.92. The van der Waals surface area contributed by atoms with Gasteiger partial charge in [0.25, 0.3) is 10.0 Å². The minimum absolute atomic E-state index is 0.0354. The third-order valence-electron chi connectivity index (χ3n) is 6.11. The third kappa shape index (κ3) is 7.52. The molecule has 0 bridgehead atoms. The van der Waals surface area contributed by atoms with Crippen molar-refractivity contribution in [1.82, 2.24) is 10.2 Å². The van der Waals surface area contributed by atoms with Crippen LogP contribution in [0.3, 0.4) is 0 Å². The van der Waals surface area contributed by atoms with Crippen LogP contribution in [0.2, 0.25) is 5.02 Å².